The molecule has 0 aromatic heterocycles. The number of hydrazone groups is 1. The van der Waals surface area contributed by atoms with Crippen molar-refractivity contribution in [3.8, 4) is 11.5 Å². The lowest BCUT2D eigenvalue weighted by molar-refractivity contribution is -0.136. The molecule has 0 aliphatic carbocycles. The third-order valence-electron chi connectivity index (χ3n) is 4.65. The number of hydrogen-bond donors (Lipinski definition) is 2. The van der Waals surface area contributed by atoms with Crippen molar-refractivity contribution in [3.05, 3.63) is 84.8 Å². The molecule has 0 spiro atoms. The first-order valence-corrected chi connectivity index (χ1v) is 12.0. The number of anilines is 1. The van der Waals surface area contributed by atoms with E-state index in [0.29, 0.717) is 42.3 Å². The van der Waals surface area contributed by atoms with Crippen molar-refractivity contribution >= 4 is 74.4 Å². The highest BCUT2D eigenvalue weighted by Crippen LogP contribution is 2.37. The molecule has 182 valence electrons. The van der Waals surface area contributed by atoms with E-state index in [1.807, 2.05) is 6.92 Å². The zero-order valence-corrected chi connectivity index (χ0v) is 22.3. The summed E-state index contributed by atoms with van der Waals surface area (Å²) < 4.78 is 11.9. The van der Waals surface area contributed by atoms with E-state index in [0.717, 1.165) is 11.1 Å². The molecular formula is C24H19BrCl3N3O4. The summed E-state index contributed by atoms with van der Waals surface area (Å²) in [5.74, 6) is -0.948. The highest BCUT2D eigenvalue weighted by Gasteiger charge is 2.15. The van der Waals surface area contributed by atoms with E-state index >= 15 is 0 Å². The van der Waals surface area contributed by atoms with Gasteiger partial charge in [0.1, 0.15) is 6.61 Å². The van der Waals surface area contributed by atoms with Gasteiger partial charge in [0, 0.05) is 26.3 Å². The number of halogens is 4. The van der Waals surface area contributed by atoms with Gasteiger partial charge in [0.15, 0.2) is 11.5 Å². The molecule has 0 saturated heterocycles. The first-order valence-electron chi connectivity index (χ1n) is 10.0. The maximum atomic E-state index is 12.1. The van der Waals surface area contributed by atoms with Crippen molar-refractivity contribution in [1.82, 2.24) is 5.43 Å². The Morgan fingerprint density at radius 2 is 1.80 bits per heavy atom. The number of methoxy groups -OCH3 is 1. The quantitative estimate of drug-likeness (QED) is 0.187. The normalized spacial score (nSPS) is 10.8. The van der Waals surface area contributed by atoms with Gasteiger partial charge < -0.3 is 14.8 Å². The monoisotopic (exact) mass is 597 g/mol. The summed E-state index contributed by atoms with van der Waals surface area (Å²) in [6.07, 6.45) is 1.36. The molecule has 11 heteroatoms. The number of nitrogens with one attached hydrogen (secondary N) is 2. The van der Waals surface area contributed by atoms with Gasteiger partial charge in [-0.3, -0.25) is 9.59 Å². The van der Waals surface area contributed by atoms with Crippen LogP contribution >= 0.6 is 50.7 Å². The molecule has 0 saturated carbocycles. The SMILES string of the molecule is COc1cc(/C=N/NC(=O)C(=O)Nc2ccc(C)c(Cl)c2)cc(Br)c1OCc1ccc(Cl)cc1Cl. The summed E-state index contributed by atoms with van der Waals surface area (Å²) in [5, 5.41) is 7.79. The number of nitrogens with zero attached hydrogens (tertiary/aromatic N) is 1. The average molecular weight is 600 g/mol. The fourth-order valence-electron chi connectivity index (χ4n) is 2.82. The summed E-state index contributed by atoms with van der Waals surface area (Å²) in [6.45, 7) is 2.02. The van der Waals surface area contributed by atoms with Crippen LogP contribution in [0.3, 0.4) is 0 Å². The molecular weight excluding hydrogens is 581 g/mol. The van der Waals surface area contributed by atoms with E-state index in [1.54, 1.807) is 48.5 Å². The first-order chi connectivity index (χ1) is 16.7. The van der Waals surface area contributed by atoms with Crippen molar-refractivity contribution in [2.45, 2.75) is 13.5 Å². The molecule has 2 amide bonds. The molecule has 0 bridgehead atoms. The van der Waals surface area contributed by atoms with E-state index in [9.17, 15) is 9.59 Å². The molecule has 0 fully saturated rings. The van der Waals surface area contributed by atoms with Crippen LogP contribution in [-0.2, 0) is 16.2 Å². The number of aryl methyl sites for hydroxylation is 1. The fraction of sp³-hybridized carbons (Fsp3) is 0.125. The Balaban J connectivity index is 1.63. The predicted octanol–water partition coefficient (Wildman–Crippen LogP) is 6.39. The van der Waals surface area contributed by atoms with Crippen LogP contribution in [0.2, 0.25) is 15.1 Å². The van der Waals surface area contributed by atoms with Crippen molar-refractivity contribution in [1.29, 1.82) is 0 Å². The minimum Gasteiger partial charge on any atom is -0.493 e. The van der Waals surface area contributed by atoms with E-state index in [1.165, 1.54) is 13.3 Å². The van der Waals surface area contributed by atoms with Gasteiger partial charge in [-0.2, -0.15) is 5.10 Å². The maximum absolute atomic E-state index is 12.1. The predicted molar refractivity (Wildman–Crippen MR) is 142 cm³/mol. The van der Waals surface area contributed by atoms with Crippen LogP contribution in [0.4, 0.5) is 5.69 Å². The van der Waals surface area contributed by atoms with Gasteiger partial charge in [0.2, 0.25) is 0 Å². The summed E-state index contributed by atoms with van der Waals surface area (Å²) in [7, 11) is 1.49. The Morgan fingerprint density at radius 3 is 2.49 bits per heavy atom. The summed E-state index contributed by atoms with van der Waals surface area (Å²) in [4.78, 5) is 24.1. The number of carbonyl (C=O) groups is 2. The topological polar surface area (TPSA) is 89.0 Å². The van der Waals surface area contributed by atoms with Crippen LogP contribution in [0.5, 0.6) is 11.5 Å². The number of amides is 2. The van der Waals surface area contributed by atoms with Crippen LogP contribution in [0.1, 0.15) is 16.7 Å². The number of rotatable bonds is 7. The van der Waals surface area contributed by atoms with Gasteiger partial charge in [-0.15, -0.1) is 0 Å². The van der Waals surface area contributed by atoms with Gasteiger partial charge in [-0.25, -0.2) is 5.43 Å². The lowest BCUT2D eigenvalue weighted by Crippen LogP contribution is -2.32. The third-order valence-corrected chi connectivity index (χ3v) is 6.24. The molecule has 2 N–H and O–H groups in total. The molecule has 7 nitrogen and oxygen atoms in total. The van der Waals surface area contributed by atoms with Gasteiger partial charge in [0.05, 0.1) is 17.8 Å². The standard InChI is InChI=1S/C24H19BrCl3N3O4/c1-13-3-6-17(10-19(13)27)30-23(32)24(33)31-29-11-14-7-18(25)22(21(8-14)34-2)35-12-15-4-5-16(26)9-20(15)28/h3-11H,12H2,1-2H3,(H,30,32)(H,31,33)/b29-11+. The smallest absolute Gasteiger partial charge is 0.329 e. The molecule has 3 aromatic rings. The fourth-order valence-corrected chi connectivity index (χ4v) is 4.04. The van der Waals surface area contributed by atoms with Gasteiger partial charge in [-0.1, -0.05) is 46.9 Å². The van der Waals surface area contributed by atoms with Gasteiger partial charge in [-0.05, 0) is 70.4 Å². The Morgan fingerprint density at radius 1 is 1.03 bits per heavy atom. The number of benzene rings is 3. The molecule has 0 aliphatic rings. The van der Waals surface area contributed by atoms with Gasteiger partial charge >= 0.3 is 11.8 Å². The molecule has 0 radical (unpaired) electrons. The van der Waals surface area contributed by atoms with E-state index in [-0.39, 0.29) is 6.61 Å². The molecule has 3 rings (SSSR count). The molecule has 0 heterocycles. The van der Waals surface area contributed by atoms with Crippen LogP contribution in [0, 0.1) is 6.92 Å². The highest BCUT2D eigenvalue weighted by molar-refractivity contribution is 9.10. The van der Waals surface area contributed by atoms with Crippen LogP contribution in [0.25, 0.3) is 0 Å². The lowest BCUT2D eigenvalue weighted by Gasteiger charge is -2.14. The molecule has 35 heavy (non-hydrogen) atoms. The Bertz CT molecular complexity index is 1300. The van der Waals surface area contributed by atoms with Crippen molar-refractivity contribution in [2.75, 3.05) is 12.4 Å². The number of ether oxygens (including phenoxy) is 2. The second-order valence-electron chi connectivity index (χ2n) is 7.18. The largest absolute Gasteiger partial charge is 0.493 e. The lowest BCUT2D eigenvalue weighted by atomic mass is 10.2. The summed E-state index contributed by atoms with van der Waals surface area (Å²) in [5.41, 5.74) is 4.76. The van der Waals surface area contributed by atoms with E-state index in [2.05, 4.69) is 31.8 Å². The molecule has 0 unspecified atom stereocenters. The van der Waals surface area contributed by atoms with Crippen LogP contribution in [0.15, 0.2) is 58.1 Å². The molecule has 0 aliphatic heterocycles. The van der Waals surface area contributed by atoms with Crippen LogP contribution in [-0.4, -0.2) is 25.1 Å². The Kier molecular flexibility index (Phi) is 9.40. The Hall–Kier alpha value is -2.78. The van der Waals surface area contributed by atoms with Gasteiger partial charge in [0.25, 0.3) is 0 Å². The minimum atomic E-state index is -0.941. The Labute approximate surface area is 225 Å². The van der Waals surface area contributed by atoms with E-state index in [4.69, 9.17) is 44.3 Å². The number of hydrogen-bond acceptors (Lipinski definition) is 5. The molecule has 0 atom stereocenters. The summed E-state index contributed by atoms with van der Waals surface area (Å²) in [6, 6.07) is 13.4. The van der Waals surface area contributed by atoms with Crippen molar-refractivity contribution in [2.24, 2.45) is 5.10 Å². The van der Waals surface area contributed by atoms with Crippen molar-refractivity contribution < 1.29 is 19.1 Å². The highest BCUT2D eigenvalue weighted by atomic mass is 79.9. The van der Waals surface area contributed by atoms with Crippen LogP contribution < -0.4 is 20.2 Å². The second kappa shape index (κ2) is 12.3. The number of carbonyl (C=O) groups excluding carboxylic acids is 2. The van der Waals surface area contributed by atoms with Crippen molar-refractivity contribution in [3.63, 3.8) is 0 Å². The maximum Gasteiger partial charge on any atom is 0.329 e. The average Bonchev–Trinajstić information content (AvgIpc) is 2.81. The third kappa shape index (κ3) is 7.35. The second-order valence-corrected chi connectivity index (χ2v) is 9.28. The zero-order chi connectivity index (χ0) is 25.5. The first kappa shape index (κ1) is 26.8. The zero-order valence-electron chi connectivity index (χ0n) is 18.5. The summed E-state index contributed by atoms with van der Waals surface area (Å²) >= 11 is 21.6. The minimum absolute atomic E-state index is 0.190. The van der Waals surface area contributed by atoms with E-state index < -0.39 is 11.8 Å². The molecule has 3 aromatic carbocycles.